The van der Waals surface area contributed by atoms with E-state index in [9.17, 15) is 8.42 Å². The average molecular weight is 443 g/mol. The predicted molar refractivity (Wildman–Crippen MR) is 120 cm³/mol. The van der Waals surface area contributed by atoms with Gasteiger partial charge in [0.15, 0.2) is 0 Å². The molecule has 0 atom stereocenters. The third-order valence-electron chi connectivity index (χ3n) is 6.52. The molecule has 31 heavy (non-hydrogen) atoms. The van der Waals surface area contributed by atoms with Gasteiger partial charge in [0.1, 0.15) is 24.7 Å². The third kappa shape index (κ3) is 4.31. The van der Waals surface area contributed by atoms with Crippen LogP contribution in [0.15, 0.2) is 46.2 Å². The molecule has 0 aliphatic carbocycles. The number of hydrogen-bond acceptors (Lipinski definition) is 6. The Kier molecular flexibility index (Phi) is 5.91. The molecule has 0 saturated carbocycles. The standard InChI is InChI=1S/C24H30N2O4S/c27-31(28)23-8-6-19(29-15-13-25-9-1-2-10-25)17-22(23)21-7-5-20(18-24(21)31)30-16-14-26-11-3-4-12-26/h5-8,17-18H,1-4,9-16H2. The summed E-state index contributed by atoms with van der Waals surface area (Å²) in [4.78, 5) is 5.46. The van der Waals surface area contributed by atoms with Gasteiger partial charge in [0.2, 0.25) is 9.84 Å². The van der Waals surface area contributed by atoms with Crippen LogP contribution in [0.4, 0.5) is 0 Å². The van der Waals surface area contributed by atoms with Crippen LogP contribution in [0.1, 0.15) is 25.7 Å². The van der Waals surface area contributed by atoms with Crippen molar-refractivity contribution in [3.05, 3.63) is 36.4 Å². The summed E-state index contributed by atoms with van der Waals surface area (Å²) in [6.07, 6.45) is 5.02. The lowest BCUT2D eigenvalue weighted by Crippen LogP contribution is -2.25. The summed E-state index contributed by atoms with van der Waals surface area (Å²) in [6, 6.07) is 10.7. The molecule has 0 spiro atoms. The second-order valence-electron chi connectivity index (χ2n) is 8.61. The van der Waals surface area contributed by atoms with E-state index in [0.29, 0.717) is 34.5 Å². The van der Waals surface area contributed by atoms with Gasteiger partial charge >= 0.3 is 0 Å². The highest BCUT2D eigenvalue weighted by Gasteiger charge is 2.33. The third-order valence-corrected chi connectivity index (χ3v) is 8.37. The minimum Gasteiger partial charge on any atom is -0.492 e. The molecule has 6 nitrogen and oxygen atoms in total. The molecule has 0 unspecified atom stereocenters. The lowest BCUT2D eigenvalue weighted by atomic mass is 10.1. The second kappa shape index (κ2) is 8.81. The molecule has 0 amide bonds. The van der Waals surface area contributed by atoms with Gasteiger partial charge in [-0.3, -0.25) is 9.80 Å². The smallest absolute Gasteiger partial charge is 0.207 e. The highest BCUT2D eigenvalue weighted by Crippen LogP contribution is 2.45. The molecule has 3 aliphatic rings. The molecule has 166 valence electrons. The van der Waals surface area contributed by atoms with Gasteiger partial charge in [0.05, 0.1) is 9.79 Å². The minimum atomic E-state index is -3.53. The molecule has 2 aromatic rings. The fourth-order valence-corrected chi connectivity index (χ4v) is 6.48. The first kappa shape index (κ1) is 20.8. The molecule has 0 N–H and O–H groups in total. The van der Waals surface area contributed by atoms with Crippen molar-refractivity contribution in [2.45, 2.75) is 35.5 Å². The Morgan fingerprint density at radius 3 is 1.84 bits per heavy atom. The topological polar surface area (TPSA) is 59.1 Å². The highest BCUT2D eigenvalue weighted by molar-refractivity contribution is 7.92. The quantitative estimate of drug-likeness (QED) is 0.533. The zero-order valence-corrected chi connectivity index (χ0v) is 18.7. The summed E-state index contributed by atoms with van der Waals surface area (Å²) in [5, 5.41) is 0. The Labute approximate surface area is 184 Å². The average Bonchev–Trinajstić information content (AvgIpc) is 3.51. The van der Waals surface area contributed by atoms with E-state index >= 15 is 0 Å². The maximum absolute atomic E-state index is 13.1. The SMILES string of the molecule is O=S1(=O)c2ccc(OCCN3CCCC3)cc2-c2ccc(OCCN3CCCC3)cc21. The molecule has 2 aromatic carbocycles. The molecule has 3 heterocycles. The van der Waals surface area contributed by atoms with Crippen LogP contribution in [-0.4, -0.2) is 70.7 Å². The summed E-state index contributed by atoms with van der Waals surface area (Å²) >= 11 is 0. The minimum absolute atomic E-state index is 0.329. The van der Waals surface area contributed by atoms with E-state index < -0.39 is 9.84 Å². The van der Waals surface area contributed by atoms with E-state index in [2.05, 4.69) is 9.80 Å². The van der Waals surface area contributed by atoms with Crippen LogP contribution in [0, 0.1) is 0 Å². The maximum atomic E-state index is 13.1. The number of ether oxygens (including phenoxy) is 2. The van der Waals surface area contributed by atoms with Gasteiger partial charge in [-0.1, -0.05) is 0 Å². The molecule has 2 fully saturated rings. The monoisotopic (exact) mass is 442 g/mol. The summed E-state index contributed by atoms with van der Waals surface area (Å²) in [6.45, 7) is 7.50. The van der Waals surface area contributed by atoms with Crippen LogP contribution in [0.3, 0.4) is 0 Å². The van der Waals surface area contributed by atoms with Crippen LogP contribution in [-0.2, 0) is 9.84 Å². The molecular weight excluding hydrogens is 412 g/mol. The van der Waals surface area contributed by atoms with E-state index in [0.717, 1.165) is 50.4 Å². The van der Waals surface area contributed by atoms with Crippen LogP contribution >= 0.6 is 0 Å². The van der Waals surface area contributed by atoms with Crippen molar-refractivity contribution in [2.75, 3.05) is 52.5 Å². The Hall–Kier alpha value is -2.09. The second-order valence-corrected chi connectivity index (χ2v) is 10.5. The van der Waals surface area contributed by atoms with E-state index in [4.69, 9.17) is 9.47 Å². The molecule has 0 radical (unpaired) electrons. The van der Waals surface area contributed by atoms with Gasteiger partial charge in [-0.2, -0.15) is 0 Å². The van der Waals surface area contributed by atoms with Crippen molar-refractivity contribution in [3.63, 3.8) is 0 Å². The molecule has 3 aliphatic heterocycles. The van der Waals surface area contributed by atoms with Gasteiger partial charge in [-0.15, -0.1) is 0 Å². The van der Waals surface area contributed by atoms with Gasteiger partial charge in [-0.25, -0.2) is 8.42 Å². The predicted octanol–water partition coefficient (Wildman–Crippen LogP) is 3.45. The van der Waals surface area contributed by atoms with Gasteiger partial charge in [-0.05, 0) is 88.3 Å². The van der Waals surface area contributed by atoms with Crippen molar-refractivity contribution in [2.24, 2.45) is 0 Å². The summed E-state index contributed by atoms with van der Waals surface area (Å²) in [7, 11) is -3.53. The number of benzene rings is 2. The number of sulfone groups is 1. The number of rotatable bonds is 8. The first-order valence-corrected chi connectivity index (χ1v) is 12.8. The van der Waals surface area contributed by atoms with Crippen LogP contribution in [0.25, 0.3) is 11.1 Å². The van der Waals surface area contributed by atoms with Crippen LogP contribution in [0.5, 0.6) is 11.5 Å². The van der Waals surface area contributed by atoms with Gasteiger partial charge < -0.3 is 9.47 Å². The normalized spacial score (nSPS) is 20.0. The summed E-state index contributed by atoms with van der Waals surface area (Å²) < 4.78 is 38.0. The van der Waals surface area contributed by atoms with E-state index in [1.54, 1.807) is 18.2 Å². The number of nitrogens with zero attached hydrogens (tertiary/aromatic N) is 2. The zero-order chi connectivity index (χ0) is 21.3. The first-order chi connectivity index (χ1) is 15.1. The molecule has 7 heteroatoms. The largest absolute Gasteiger partial charge is 0.492 e. The summed E-state index contributed by atoms with van der Waals surface area (Å²) in [5.74, 6) is 1.32. The molecule has 0 bridgehead atoms. The van der Waals surface area contributed by atoms with Crippen LogP contribution in [0.2, 0.25) is 0 Å². The summed E-state index contributed by atoms with van der Waals surface area (Å²) in [5.41, 5.74) is 1.45. The molecule has 5 rings (SSSR count). The molecule has 0 aromatic heterocycles. The van der Waals surface area contributed by atoms with Crippen molar-refractivity contribution >= 4 is 9.84 Å². The highest BCUT2D eigenvalue weighted by atomic mass is 32.2. The molecular formula is C24H30N2O4S. The van der Waals surface area contributed by atoms with Crippen molar-refractivity contribution in [3.8, 4) is 22.6 Å². The Bertz CT molecular complexity index is 1040. The number of likely N-dealkylation sites (tertiary alicyclic amines) is 2. The van der Waals surface area contributed by atoms with E-state index in [1.165, 1.54) is 25.7 Å². The van der Waals surface area contributed by atoms with Crippen molar-refractivity contribution in [1.82, 2.24) is 9.80 Å². The van der Waals surface area contributed by atoms with Crippen molar-refractivity contribution < 1.29 is 17.9 Å². The van der Waals surface area contributed by atoms with Crippen LogP contribution < -0.4 is 9.47 Å². The Morgan fingerprint density at radius 1 is 0.677 bits per heavy atom. The Balaban J connectivity index is 1.28. The molecule has 2 saturated heterocycles. The fraction of sp³-hybridized carbons (Fsp3) is 0.500. The number of fused-ring (bicyclic) bond motifs is 3. The van der Waals surface area contributed by atoms with E-state index in [-0.39, 0.29) is 0 Å². The lowest BCUT2D eigenvalue weighted by molar-refractivity contribution is 0.237. The van der Waals surface area contributed by atoms with E-state index in [1.807, 2.05) is 18.2 Å². The van der Waals surface area contributed by atoms with Gasteiger partial charge in [0, 0.05) is 24.2 Å². The Morgan fingerprint density at radius 2 is 1.23 bits per heavy atom. The van der Waals surface area contributed by atoms with Crippen molar-refractivity contribution in [1.29, 1.82) is 0 Å². The number of hydrogen-bond donors (Lipinski definition) is 0. The first-order valence-electron chi connectivity index (χ1n) is 11.4. The van der Waals surface area contributed by atoms with Gasteiger partial charge in [0.25, 0.3) is 0 Å². The fourth-order valence-electron chi connectivity index (χ4n) is 4.80. The lowest BCUT2D eigenvalue weighted by Gasteiger charge is -2.15. The zero-order valence-electron chi connectivity index (χ0n) is 17.9. The maximum Gasteiger partial charge on any atom is 0.207 e.